The molecule has 0 aliphatic carbocycles. The van der Waals surface area contributed by atoms with Gasteiger partial charge in [0.15, 0.2) is 0 Å². The minimum absolute atomic E-state index is 0.157. The molecule has 6 nitrogen and oxygen atoms in total. The van der Waals surface area contributed by atoms with Gasteiger partial charge >= 0.3 is 0 Å². The van der Waals surface area contributed by atoms with Gasteiger partial charge in [0.05, 0.1) is 29.7 Å². The highest BCUT2D eigenvalue weighted by Crippen LogP contribution is 2.21. The van der Waals surface area contributed by atoms with Crippen molar-refractivity contribution in [1.82, 2.24) is 9.62 Å². The molecule has 1 atom stereocenters. The van der Waals surface area contributed by atoms with E-state index in [4.69, 9.17) is 4.74 Å². The molecule has 1 heterocycles. The second-order valence-corrected chi connectivity index (χ2v) is 8.34. The molecule has 0 aromatic heterocycles. The molecule has 0 radical (unpaired) electrons. The number of sulfonamides is 1. The maximum absolute atomic E-state index is 14.2. The van der Waals surface area contributed by atoms with E-state index in [-0.39, 0.29) is 36.8 Å². The van der Waals surface area contributed by atoms with Gasteiger partial charge in [0.1, 0.15) is 11.6 Å². The Morgan fingerprint density at radius 3 is 2.39 bits per heavy atom. The number of nitrogens with one attached hydrogen (secondary N) is 1. The Labute approximate surface area is 162 Å². The lowest BCUT2D eigenvalue weighted by Gasteiger charge is -2.26. The highest BCUT2D eigenvalue weighted by Gasteiger charge is 2.28. The summed E-state index contributed by atoms with van der Waals surface area (Å²) in [7, 11) is -3.86. The lowest BCUT2D eigenvalue weighted by molar-refractivity contribution is 0.0730. The van der Waals surface area contributed by atoms with Crippen molar-refractivity contribution in [1.29, 1.82) is 0 Å². The molecule has 1 aliphatic heterocycles. The van der Waals surface area contributed by atoms with Crippen LogP contribution in [0.2, 0.25) is 0 Å². The molecule has 9 heteroatoms. The average Bonchev–Trinajstić information content (AvgIpc) is 2.69. The van der Waals surface area contributed by atoms with E-state index in [9.17, 15) is 22.0 Å². The Balaban J connectivity index is 1.82. The summed E-state index contributed by atoms with van der Waals surface area (Å²) >= 11 is 0. The highest BCUT2D eigenvalue weighted by molar-refractivity contribution is 7.89. The molecule has 0 bridgehead atoms. The summed E-state index contributed by atoms with van der Waals surface area (Å²) in [5.41, 5.74) is 0.260. The van der Waals surface area contributed by atoms with Crippen molar-refractivity contribution in [2.75, 3.05) is 26.3 Å². The Morgan fingerprint density at radius 1 is 1.11 bits per heavy atom. The molecule has 150 valence electrons. The van der Waals surface area contributed by atoms with Crippen molar-refractivity contribution in [2.24, 2.45) is 0 Å². The van der Waals surface area contributed by atoms with Crippen molar-refractivity contribution in [2.45, 2.75) is 17.9 Å². The smallest absolute Gasteiger partial charge is 0.254 e. The number of morpholine rings is 1. The summed E-state index contributed by atoms with van der Waals surface area (Å²) in [5, 5.41) is 2.60. The molecule has 2 aromatic rings. The lowest BCUT2D eigenvalue weighted by Crippen LogP contribution is -2.40. The molecule has 0 unspecified atom stereocenters. The van der Waals surface area contributed by atoms with Crippen LogP contribution in [0.15, 0.2) is 47.4 Å². The first-order valence-electron chi connectivity index (χ1n) is 8.73. The van der Waals surface area contributed by atoms with Crippen molar-refractivity contribution < 1.29 is 26.7 Å². The van der Waals surface area contributed by atoms with Gasteiger partial charge in [-0.05, 0) is 42.8 Å². The van der Waals surface area contributed by atoms with Crippen LogP contribution in [-0.4, -0.2) is 44.9 Å². The third kappa shape index (κ3) is 4.37. The van der Waals surface area contributed by atoms with Gasteiger partial charge in [-0.1, -0.05) is 12.1 Å². The van der Waals surface area contributed by atoms with E-state index in [1.54, 1.807) is 6.92 Å². The molecular weight excluding hydrogens is 390 g/mol. The third-order valence-electron chi connectivity index (χ3n) is 4.51. The van der Waals surface area contributed by atoms with E-state index >= 15 is 0 Å². The molecule has 3 rings (SSSR count). The number of nitrogens with zero attached hydrogens (tertiary/aromatic N) is 1. The molecule has 1 aliphatic rings. The first-order chi connectivity index (χ1) is 13.3. The molecular formula is C19H20F2N2O4S. The summed E-state index contributed by atoms with van der Waals surface area (Å²) in [4.78, 5) is 12.4. The van der Waals surface area contributed by atoms with Crippen LogP contribution in [0.3, 0.4) is 0 Å². The monoisotopic (exact) mass is 410 g/mol. The molecule has 1 saturated heterocycles. The lowest BCUT2D eigenvalue weighted by atomic mass is 10.1. The quantitative estimate of drug-likeness (QED) is 0.822. The highest BCUT2D eigenvalue weighted by atomic mass is 32.2. The topological polar surface area (TPSA) is 75.7 Å². The zero-order valence-electron chi connectivity index (χ0n) is 15.2. The first kappa shape index (κ1) is 20.4. The Bertz CT molecular complexity index is 958. The maximum atomic E-state index is 14.2. The van der Waals surface area contributed by atoms with Crippen molar-refractivity contribution in [3.05, 3.63) is 65.2 Å². The van der Waals surface area contributed by atoms with Crippen LogP contribution in [-0.2, 0) is 14.8 Å². The minimum atomic E-state index is -3.86. The first-order valence-corrected chi connectivity index (χ1v) is 10.2. The number of hydrogen-bond acceptors (Lipinski definition) is 4. The second-order valence-electron chi connectivity index (χ2n) is 6.40. The standard InChI is InChI=1S/C19H20F2N2O4S/c1-13(14-2-4-15(20)5-3-14)22-19(24)17-12-16(6-7-18(17)21)28(25,26)23-8-10-27-11-9-23/h2-7,12-13H,8-11H2,1H3,(H,22,24)/t13-/m1/s1. The van der Waals surface area contributed by atoms with Gasteiger partial charge in [0.25, 0.3) is 5.91 Å². The van der Waals surface area contributed by atoms with Crippen molar-refractivity contribution >= 4 is 15.9 Å². The molecule has 0 spiro atoms. The number of benzene rings is 2. The SMILES string of the molecule is C[C@@H](NC(=O)c1cc(S(=O)(=O)N2CCOCC2)ccc1F)c1ccc(F)cc1. The van der Waals surface area contributed by atoms with Crippen LogP contribution < -0.4 is 5.32 Å². The summed E-state index contributed by atoms with van der Waals surface area (Å²) in [6.07, 6.45) is 0. The van der Waals surface area contributed by atoms with E-state index in [1.807, 2.05) is 0 Å². The Hall–Kier alpha value is -2.36. The van der Waals surface area contributed by atoms with E-state index < -0.39 is 33.6 Å². The summed E-state index contributed by atoms with van der Waals surface area (Å²) in [5.74, 6) is -1.99. The zero-order valence-corrected chi connectivity index (χ0v) is 16.0. The normalized spacial score (nSPS) is 16.5. The van der Waals surface area contributed by atoms with E-state index in [0.29, 0.717) is 5.56 Å². The third-order valence-corrected chi connectivity index (χ3v) is 6.40. The molecule has 28 heavy (non-hydrogen) atoms. The fourth-order valence-corrected chi connectivity index (χ4v) is 4.32. The largest absolute Gasteiger partial charge is 0.379 e. The predicted octanol–water partition coefficient (Wildman–Crippen LogP) is 2.48. The summed E-state index contributed by atoms with van der Waals surface area (Å²) in [6, 6.07) is 8.15. The summed E-state index contributed by atoms with van der Waals surface area (Å²) < 4.78 is 59.1. The van der Waals surface area contributed by atoms with E-state index in [2.05, 4.69) is 5.32 Å². The second kappa shape index (κ2) is 8.34. The van der Waals surface area contributed by atoms with Crippen LogP contribution in [0.1, 0.15) is 28.9 Å². The number of amides is 1. The fraction of sp³-hybridized carbons (Fsp3) is 0.316. The van der Waals surface area contributed by atoms with E-state index in [1.165, 1.54) is 28.6 Å². The number of halogens is 2. The molecule has 1 amide bonds. The van der Waals surface area contributed by atoms with Gasteiger partial charge in [-0.3, -0.25) is 4.79 Å². The Morgan fingerprint density at radius 2 is 1.75 bits per heavy atom. The van der Waals surface area contributed by atoms with Crippen LogP contribution in [0.4, 0.5) is 8.78 Å². The minimum Gasteiger partial charge on any atom is -0.379 e. The molecule has 1 fully saturated rings. The Kier molecular flexibility index (Phi) is 6.07. The molecule has 0 saturated carbocycles. The average molecular weight is 410 g/mol. The van der Waals surface area contributed by atoms with Crippen LogP contribution in [0, 0.1) is 11.6 Å². The van der Waals surface area contributed by atoms with E-state index in [0.717, 1.165) is 18.2 Å². The fourth-order valence-electron chi connectivity index (χ4n) is 2.88. The van der Waals surface area contributed by atoms with Crippen LogP contribution >= 0.6 is 0 Å². The number of carbonyl (C=O) groups is 1. The molecule has 1 N–H and O–H groups in total. The number of carbonyl (C=O) groups excluding carboxylic acids is 1. The number of rotatable bonds is 5. The number of hydrogen-bond donors (Lipinski definition) is 1. The van der Waals surface area contributed by atoms with Gasteiger partial charge < -0.3 is 10.1 Å². The van der Waals surface area contributed by atoms with Gasteiger partial charge in [-0.25, -0.2) is 17.2 Å². The van der Waals surface area contributed by atoms with Gasteiger partial charge in [-0.15, -0.1) is 0 Å². The van der Waals surface area contributed by atoms with Crippen molar-refractivity contribution in [3.63, 3.8) is 0 Å². The van der Waals surface area contributed by atoms with Gasteiger partial charge in [-0.2, -0.15) is 4.31 Å². The van der Waals surface area contributed by atoms with Gasteiger partial charge in [0.2, 0.25) is 10.0 Å². The maximum Gasteiger partial charge on any atom is 0.254 e. The van der Waals surface area contributed by atoms with Crippen LogP contribution in [0.25, 0.3) is 0 Å². The molecule has 2 aromatic carbocycles. The number of ether oxygens (including phenoxy) is 1. The van der Waals surface area contributed by atoms with Crippen LogP contribution in [0.5, 0.6) is 0 Å². The predicted molar refractivity (Wildman–Crippen MR) is 98.3 cm³/mol. The van der Waals surface area contributed by atoms with Crippen molar-refractivity contribution in [3.8, 4) is 0 Å². The van der Waals surface area contributed by atoms with Gasteiger partial charge in [0, 0.05) is 13.1 Å². The zero-order chi connectivity index (χ0) is 20.3. The summed E-state index contributed by atoms with van der Waals surface area (Å²) in [6.45, 7) is 2.62.